The molecule has 11 heteroatoms. The van der Waals surface area contributed by atoms with Crippen molar-refractivity contribution in [2.45, 2.75) is 45.3 Å². The summed E-state index contributed by atoms with van der Waals surface area (Å²) < 4.78 is 61.6. The highest BCUT2D eigenvalue weighted by molar-refractivity contribution is 6.31. The van der Waals surface area contributed by atoms with E-state index in [9.17, 15) is 31.9 Å². The van der Waals surface area contributed by atoms with Gasteiger partial charge in [0.15, 0.2) is 5.78 Å². The summed E-state index contributed by atoms with van der Waals surface area (Å²) in [5.74, 6) is -3.38. The van der Waals surface area contributed by atoms with Gasteiger partial charge in [0.05, 0.1) is 22.9 Å². The van der Waals surface area contributed by atoms with Gasteiger partial charge in [0.1, 0.15) is 5.82 Å². The van der Waals surface area contributed by atoms with E-state index in [1.807, 2.05) is 0 Å². The van der Waals surface area contributed by atoms with Crippen LogP contribution in [0, 0.1) is 11.2 Å². The maximum Gasteiger partial charge on any atom is 0.425 e. The zero-order chi connectivity index (χ0) is 23.4. The molecule has 6 nitrogen and oxygen atoms in total. The molecule has 1 aromatic rings. The average molecular weight is 463 g/mol. The molecule has 1 unspecified atom stereocenters. The lowest BCUT2D eigenvalue weighted by Crippen LogP contribution is -2.66. The number of ketones is 1. The highest BCUT2D eigenvalue weighted by atomic mass is 35.5. The standard InChI is InChI=1S/C20H19ClF4N2O4/c1-4-31-17(30)26-19(20(23,24)25)15-13(8-18(2,3)9-14(15)28)27(16(19)29)10-5-6-12(22)11(21)7-10/h5-7H,4,8-9H2,1-3H3,(H,26,30). The largest absolute Gasteiger partial charge is 0.450 e. The number of benzene rings is 1. The lowest BCUT2D eigenvalue weighted by atomic mass is 9.72. The van der Waals surface area contributed by atoms with Crippen LogP contribution in [0.5, 0.6) is 0 Å². The molecule has 168 valence electrons. The van der Waals surface area contributed by atoms with Crippen molar-refractivity contribution in [3.05, 3.63) is 40.3 Å². The van der Waals surface area contributed by atoms with Crippen molar-refractivity contribution in [2.75, 3.05) is 11.5 Å². The number of carbonyl (C=O) groups excluding carboxylic acids is 3. The Morgan fingerprint density at radius 1 is 1.26 bits per heavy atom. The van der Waals surface area contributed by atoms with Gasteiger partial charge in [0.2, 0.25) is 5.54 Å². The fourth-order valence-corrected chi connectivity index (χ4v) is 4.14. The number of allylic oxidation sites excluding steroid dienone is 1. The smallest absolute Gasteiger partial charge is 0.425 e. The molecule has 1 N–H and O–H groups in total. The summed E-state index contributed by atoms with van der Waals surface area (Å²) in [6.07, 6.45) is -7.21. The van der Waals surface area contributed by atoms with Crippen LogP contribution in [0.1, 0.15) is 33.6 Å². The highest BCUT2D eigenvalue weighted by Gasteiger charge is 2.72. The first kappa shape index (κ1) is 23.1. The molecule has 0 radical (unpaired) electrons. The fourth-order valence-electron chi connectivity index (χ4n) is 3.97. The predicted octanol–water partition coefficient (Wildman–Crippen LogP) is 4.52. The van der Waals surface area contributed by atoms with Crippen molar-refractivity contribution in [2.24, 2.45) is 5.41 Å². The van der Waals surface area contributed by atoms with E-state index in [-0.39, 0.29) is 30.8 Å². The maximum absolute atomic E-state index is 14.4. The maximum atomic E-state index is 14.4. The first-order valence-corrected chi connectivity index (χ1v) is 9.71. The Labute approximate surface area is 180 Å². The van der Waals surface area contributed by atoms with Crippen molar-refractivity contribution in [3.63, 3.8) is 0 Å². The zero-order valence-corrected chi connectivity index (χ0v) is 17.6. The van der Waals surface area contributed by atoms with Crippen molar-refractivity contribution >= 4 is 35.1 Å². The van der Waals surface area contributed by atoms with Gasteiger partial charge in [-0.2, -0.15) is 13.2 Å². The number of alkyl halides is 3. The van der Waals surface area contributed by atoms with Crippen molar-refractivity contribution in [1.29, 1.82) is 0 Å². The molecular formula is C20H19ClF4N2O4. The molecule has 0 saturated heterocycles. The number of Topliss-reactive ketones (excluding diaryl/α,β-unsaturated/α-hetero) is 1. The van der Waals surface area contributed by atoms with Gasteiger partial charge in [-0.3, -0.25) is 19.8 Å². The van der Waals surface area contributed by atoms with Crippen LogP contribution in [0.15, 0.2) is 29.5 Å². The SMILES string of the molecule is CCOC(=O)NC1(C(F)(F)F)C(=O)N(c2ccc(F)c(Cl)c2)C2=C1C(=O)CC(C)(C)C2. The second kappa shape index (κ2) is 7.51. The minimum absolute atomic E-state index is 0.0723. The van der Waals surface area contributed by atoms with E-state index in [0.717, 1.165) is 18.2 Å². The van der Waals surface area contributed by atoms with Crippen LogP contribution in [0.2, 0.25) is 5.02 Å². The summed E-state index contributed by atoms with van der Waals surface area (Å²) in [6, 6.07) is 2.96. The van der Waals surface area contributed by atoms with Crippen molar-refractivity contribution in [3.8, 4) is 0 Å². The van der Waals surface area contributed by atoms with E-state index in [4.69, 9.17) is 11.6 Å². The number of nitrogens with zero attached hydrogens (tertiary/aromatic N) is 1. The van der Waals surface area contributed by atoms with Crippen molar-refractivity contribution in [1.82, 2.24) is 5.32 Å². The normalized spacial score (nSPS) is 23.2. The number of ether oxygens (including phenoxy) is 1. The molecule has 0 bridgehead atoms. The van der Waals surface area contributed by atoms with Gasteiger partial charge in [-0.15, -0.1) is 0 Å². The molecular weight excluding hydrogens is 444 g/mol. The van der Waals surface area contributed by atoms with Gasteiger partial charge in [-0.05, 0) is 37.0 Å². The van der Waals surface area contributed by atoms with Gasteiger partial charge >= 0.3 is 12.3 Å². The van der Waals surface area contributed by atoms with Gasteiger partial charge in [-0.1, -0.05) is 25.4 Å². The lowest BCUT2D eigenvalue weighted by molar-refractivity contribution is -0.186. The molecule has 0 saturated carbocycles. The molecule has 1 atom stereocenters. The van der Waals surface area contributed by atoms with E-state index < -0.39 is 51.3 Å². The molecule has 1 heterocycles. The summed E-state index contributed by atoms with van der Waals surface area (Å²) in [7, 11) is 0. The van der Waals surface area contributed by atoms with E-state index >= 15 is 0 Å². The van der Waals surface area contributed by atoms with E-state index in [2.05, 4.69) is 4.74 Å². The Hall–Kier alpha value is -2.62. The number of hydrogen-bond donors (Lipinski definition) is 1. The molecule has 31 heavy (non-hydrogen) atoms. The van der Waals surface area contributed by atoms with Crippen LogP contribution in [-0.4, -0.2) is 36.1 Å². The first-order valence-electron chi connectivity index (χ1n) is 9.33. The Morgan fingerprint density at radius 2 is 1.90 bits per heavy atom. The number of rotatable bonds is 3. The van der Waals surface area contributed by atoms with Gasteiger partial charge < -0.3 is 4.74 Å². The van der Waals surface area contributed by atoms with E-state index in [0.29, 0.717) is 4.90 Å². The molecule has 1 aliphatic carbocycles. The zero-order valence-electron chi connectivity index (χ0n) is 16.8. The topological polar surface area (TPSA) is 75.7 Å². The molecule has 2 amide bonds. The molecule has 0 fully saturated rings. The number of amides is 2. The second-order valence-corrected chi connectivity index (χ2v) is 8.50. The van der Waals surface area contributed by atoms with Gasteiger partial charge in [-0.25, -0.2) is 9.18 Å². The molecule has 0 aromatic heterocycles. The van der Waals surface area contributed by atoms with Crippen LogP contribution in [0.4, 0.5) is 28.0 Å². The monoisotopic (exact) mass is 462 g/mol. The second-order valence-electron chi connectivity index (χ2n) is 8.09. The summed E-state index contributed by atoms with van der Waals surface area (Å²) in [4.78, 5) is 39.0. The fraction of sp³-hybridized carbons (Fsp3) is 0.450. The number of anilines is 1. The minimum Gasteiger partial charge on any atom is -0.450 e. The molecule has 1 aliphatic heterocycles. The van der Waals surface area contributed by atoms with Crippen LogP contribution in [-0.2, 0) is 14.3 Å². The van der Waals surface area contributed by atoms with Crippen LogP contribution >= 0.6 is 11.6 Å². The highest BCUT2D eigenvalue weighted by Crippen LogP contribution is 2.53. The summed E-state index contributed by atoms with van der Waals surface area (Å²) in [6.45, 7) is 4.46. The van der Waals surface area contributed by atoms with Gasteiger partial charge in [0.25, 0.3) is 5.91 Å². The lowest BCUT2D eigenvalue weighted by Gasteiger charge is -2.35. The molecule has 2 aliphatic rings. The Morgan fingerprint density at radius 3 is 2.45 bits per heavy atom. The Bertz CT molecular complexity index is 1010. The summed E-state index contributed by atoms with van der Waals surface area (Å²) in [5, 5.41) is 1.18. The van der Waals surface area contributed by atoms with E-state index in [1.54, 1.807) is 19.2 Å². The first-order chi connectivity index (χ1) is 14.2. The third kappa shape index (κ3) is 3.66. The number of nitrogens with one attached hydrogen (secondary N) is 1. The molecule has 1 aromatic carbocycles. The van der Waals surface area contributed by atoms with E-state index in [1.165, 1.54) is 6.92 Å². The molecule has 3 rings (SSSR count). The summed E-state index contributed by atoms with van der Waals surface area (Å²) in [5.41, 5.74) is -5.64. The van der Waals surface area contributed by atoms with Crippen LogP contribution < -0.4 is 10.2 Å². The van der Waals surface area contributed by atoms with Crippen molar-refractivity contribution < 1.29 is 36.7 Å². The number of hydrogen-bond acceptors (Lipinski definition) is 4. The Kier molecular flexibility index (Phi) is 5.58. The summed E-state index contributed by atoms with van der Waals surface area (Å²) >= 11 is 5.78. The van der Waals surface area contributed by atoms with Crippen LogP contribution in [0.25, 0.3) is 0 Å². The number of alkyl carbamates (subject to hydrolysis) is 1. The quantitative estimate of drug-likeness (QED) is 0.670. The number of halogens is 5. The molecule has 0 spiro atoms. The third-order valence-corrected chi connectivity index (χ3v) is 5.46. The predicted molar refractivity (Wildman–Crippen MR) is 103 cm³/mol. The third-order valence-electron chi connectivity index (χ3n) is 5.17. The average Bonchev–Trinajstić information content (AvgIpc) is 2.85. The van der Waals surface area contributed by atoms with Crippen LogP contribution in [0.3, 0.4) is 0 Å². The van der Waals surface area contributed by atoms with Gasteiger partial charge in [0, 0.05) is 12.1 Å². The Balaban J connectivity index is 2.30. The number of carbonyl (C=O) groups is 3. The minimum atomic E-state index is -5.37.